The molecule has 1 aliphatic heterocycles. The molecule has 0 spiro atoms. The van der Waals surface area contributed by atoms with Gasteiger partial charge in [0.05, 0.1) is 5.25 Å². The number of fused-ring (bicyclic) bond motifs is 1. The Hall–Kier alpha value is -1.86. The van der Waals surface area contributed by atoms with Gasteiger partial charge in [-0.05, 0) is 38.1 Å². The van der Waals surface area contributed by atoms with Crippen LogP contribution in [0.1, 0.15) is 22.5 Å². The number of hydrogen-bond donors (Lipinski definition) is 1. The molecule has 0 radical (unpaired) electrons. The van der Waals surface area contributed by atoms with Crippen molar-refractivity contribution in [2.45, 2.75) is 18.6 Å². The van der Waals surface area contributed by atoms with Crippen molar-refractivity contribution in [2.75, 3.05) is 20.1 Å². The molecule has 1 aliphatic rings. The summed E-state index contributed by atoms with van der Waals surface area (Å²) < 4.78 is 31.6. The van der Waals surface area contributed by atoms with E-state index in [1.54, 1.807) is 6.07 Å². The molecule has 3 rings (SSSR count). The lowest BCUT2D eigenvalue weighted by molar-refractivity contribution is 0.0764. The van der Waals surface area contributed by atoms with Crippen LogP contribution in [0.2, 0.25) is 0 Å². The summed E-state index contributed by atoms with van der Waals surface area (Å²) in [5.74, 6) is -0.00351. The molecule has 7 heteroatoms. The zero-order valence-electron chi connectivity index (χ0n) is 12.5. The first-order valence-electron chi connectivity index (χ1n) is 7.13. The zero-order valence-corrected chi connectivity index (χ0v) is 13.3. The van der Waals surface area contributed by atoms with Crippen molar-refractivity contribution in [2.24, 2.45) is 0 Å². The average molecular weight is 322 g/mol. The van der Waals surface area contributed by atoms with Gasteiger partial charge < -0.3 is 9.32 Å². The normalized spacial score (nSPS) is 19.0. The lowest BCUT2D eigenvalue weighted by Gasteiger charge is -2.14. The van der Waals surface area contributed by atoms with Crippen molar-refractivity contribution in [1.29, 1.82) is 0 Å². The second-order valence-corrected chi connectivity index (χ2v) is 7.67. The summed E-state index contributed by atoms with van der Waals surface area (Å²) in [6, 6.07) is 7.38. The molecule has 1 aromatic heterocycles. The SMILES string of the molecule is CNS(=O)(=O)C1CCN(C(=O)c2cc3c(C)cccc3o2)C1. The predicted octanol–water partition coefficient (Wildman–Crippen LogP) is 1.50. The van der Waals surface area contributed by atoms with Gasteiger partial charge in [0, 0.05) is 18.5 Å². The number of hydrogen-bond acceptors (Lipinski definition) is 4. The van der Waals surface area contributed by atoms with E-state index >= 15 is 0 Å². The molecule has 1 N–H and O–H groups in total. The highest BCUT2D eigenvalue weighted by molar-refractivity contribution is 7.90. The minimum absolute atomic E-state index is 0.192. The highest BCUT2D eigenvalue weighted by atomic mass is 32.2. The van der Waals surface area contributed by atoms with E-state index in [-0.39, 0.29) is 18.2 Å². The van der Waals surface area contributed by atoms with Crippen molar-refractivity contribution in [3.63, 3.8) is 0 Å². The Morgan fingerprint density at radius 2 is 2.18 bits per heavy atom. The fourth-order valence-corrected chi connectivity index (χ4v) is 3.93. The number of benzene rings is 1. The second-order valence-electron chi connectivity index (χ2n) is 5.51. The summed E-state index contributed by atoms with van der Waals surface area (Å²) in [5, 5.41) is 0.344. The third kappa shape index (κ3) is 2.50. The highest BCUT2D eigenvalue weighted by Gasteiger charge is 2.35. The number of rotatable bonds is 3. The molecular weight excluding hydrogens is 304 g/mol. The van der Waals surface area contributed by atoms with E-state index < -0.39 is 15.3 Å². The summed E-state index contributed by atoms with van der Waals surface area (Å²) in [5.41, 5.74) is 1.71. The van der Waals surface area contributed by atoms with Gasteiger partial charge in [-0.1, -0.05) is 12.1 Å². The molecule has 0 bridgehead atoms. The average Bonchev–Trinajstić information content (AvgIpc) is 3.14. The number of nitrogens with zero attached hydrogens (tertiary/aromatic N) is 1. The Morgan fingerprint density at radius 3 is 2.86 bits per heavy atom. The summed E-state index contributed by atoms with van der Waals surface area (Å²) in [7, 11) is -1.96. The summed E-state index contributed by atoms with van der Waals surface area (Å²) >= 11 is 0. The number of sulfonamides is 1. The van der Waals surface area contributed by atoms with Gasteiger partial charge in [0.1, 0.15) is 5.58 Å². The zero-order chi connectivity index (χ0) is 15.9. The first-order chi connectivity index (χ1) is 10.4. The monoisotopic (exact) mass is 322 g/mol. The first kappa shape index (κ1) is 15.1. The van der Waals surface area contributed by atoms with Gasteiger partial charge >= 0.3 is 0 Å². The standard InChI is InChI=1S/C15H18N2O4S/c1-10-4-3-5-13-12(10)8-14(21-13)15(18)17-7-6-11(9-17)22(19,20)16-2/h3-5,8,11,16H,6-7,9H2,1-2H3. The maximum atomic E-state index is 12.5. The van der Waals surface area contributed by atoms with Gasteiger partial charge in [-0.3, -0.25) is 4.79 Å². The molecule has 1 fully saturated rings. The van der Waals surface area contributed by atoms with E-state index in [2.05, 4.69) is 4.72 Å². The second kappa shape index (κ2) is 5.40. The van der Waals surface area contributed by atoms with E-state index in [1.807, 2.05) is 25.1 Å². The molecular formula is C15H18N2O4S. The number of carbonyl (C=O) groups excluding carboxylic acids is 1. The number of nitrogens with one attached hydrogen (secondary N) is 1. The predicted molar refractivity (Wildman–Crippen MR) is 83.2 cm³/mol. The molecule has 0 aliphatic carbocycles. The number of amides is 1. The van der Waals surface area contributed by atoms with Crippen LogP contribution in [0.15, 0.2) is 28.7 Å². The van der Waals surface area contributed by atoms with Gasteiger partial charge in [0.15, 0.2) is 5.76 Å². The number of aryl methyl sites for hydroxylation is 1. The van der Waals surface area contributed by atoms with E-state index in [4.69, 9.17) is 4.42 Å². The molecule has 1 unspecified atom stereocenters. The van der Waals surface area contributed by atoms with Crippen molar-refractivity contribution in [3.8, 4) is 0 Å². The smallest absolute Gasteiger partial charge is 0.289 e. The fourth-order valence-electron chi connectivity index (χ4n) is 2.80. The van der Waals surface area contributed by atoms with Crippen LogP contribution in [0.3, 0.4) is 0 Å². The van der Waals surface area contributed by atoms with E-state index in [0.717, 1.165) is 10.9 Å². The topological polar surface area (TPSA) is 79.6 Å². The molecule has 118 valence electrons. The van der Waals surface area contributed by atoms with Crippen LogP contribution in [0.5, 0.6) is 0 Å². The van der Waals surface area contributed by atoms with Crippen LogP contribution in [0.25, 0.3) is 11.0 Å². The minimum Gasteiger partial charge on any atom is -0.451 e. The number of furan rings is 1. The summed E-state index contributed by atoms with van der Waals surface area (Å²) in [6.45, 7) is 2.57. The fraction of sp³-hybridized carbons (Fsp3) is 0.400. The Labute approximate surface area is 129 Å². The van der Waals surface area contributed by atoms with Gasteiger partial charge in [0.2, 0.25) is 10.0 Å². The van der Waals surface area contributed by atoms with Crippen molar-refractivity contribution in [1.82, 2.24) is 9.62 Å². The van der Waals surface area contributed by atoms with Crippen molar-refractivity contribution >= 4 is 26.9 Å². The first-order valence-corrected chi connectivity index (χ1v) is 8.68. The maximum Gasteiger partial charge on any atom is 0.289 e. The van der Waals surface area contributed by atoms with Gasteiger partial charge in [-0.15, -0.1) is 0 Å². The Morgan fingerprint density at radius 1 is 1.41 bits per heavy atom. The van der Waals surface area contributed by atoms with E-state index in [9.17, 15) is 13.2 Å². The van der Waals surface area contributed by atoms with Crippen LogP contribution >= 0.6 is 0 Å². The quantitative estimate of drug-likeness (QED) is 0.929. The molecule has 0 saturated carbocycles. The van der Waals surface area contributed by atoms with Gasteiger partial charge in [0.25, 0.3) is 5.91 Å². The van der Waals surface area contributed by atoms with Crippen LogP contribution in [-0.2, 0) is 10.0 Å². The minimum atomic E-state index is -3.35. The van der Waals surface area contributed by atoms with Crippen LogP contribution in [0.4, 0.5) is 0 Å². The highest BCUT2D eigenvalue weighted by Crippen LogP contribution is 2.25. The largest absolute Gasteiger partial charge is 0.451 e. The molecule has 1 aromatic carbocycles. The molecule has 1 atom stereocenters. The third-order valence-corrected chi connectivity index (χ3v) is 5.98. The Balaban J connectivity index is 1.84. The van der Waals surface area contributed by atoms with Crippen molar-refractivity contribution in [3.05, 3.63) is 35.6 Å². The molecule has 2 aromatic rings. The molecule has 1 amide bonds. The van der Waals surface area contributed by atoms with E-state index in [1.165, 1.54) is 11.9 Å². The Bertz CT molecular complexity index is 825. The number of likely N-dealkylation sites (tertiary alicyclic amines) is 1. The summed E-state index contributed by atoms with van der Waals surface area (Å²) in [6.07, 6.45) is 0.439. The van der Waals surface area contributed by atoms with Crippen LogP contribution in [-0.4, -0.2) is 44.6 Å². The molecule has 6 nitrogen and oxygen atoms in total. The lowest BCUT2D eigenvalue weighted by atomic mass is 10.1. The third-order valence-electron chi connectivity index (χ3n) is 4.15. The molecule has 2 heterocycles. The maximum absolute atomic E-state index is 12.5. The van der Waals surface area contributed by atoms with Crippen LogP contribution < -0.4 is 4.72 Å². The molecule has 1 saturated heterocycles. The Kier molecular flexibility index (Phi) is 3.70. The van der Waals surface area contributed by atoms with E-state index in [0.29, 0.717) is 18.5 Å². The van der Waals surface area contributed by atoms with Gasteiger partial charge in [-0.2, -0.15) is 0 Å². The summed E-state index contributed by atoms with van der Waals surface area (Å²) in [4.78, 5) is 14.0. The molecule has 22 heavy (non-hydrogen) atoms. The lowest BCUT2D eigenvalue weighted by Crippen LogP contribution is -2.36. The van der Waals surface area contributed by atoms with Gasteiger partial charge in [-0.25, -0.2) is 13.1 Å². The van der Waals surface area contributed by atoms with Crippen molar-refractivity contribution < 1.29 is 17.6 Å². The number of carbonyl (C=O) groups is 1. The van der Waals surface area contributed by atoms with Crippen LogP contribution in [0, 0.1) is 6.92 Å².